The van der Waals surface area contributed by atoms with E-state index < -0.39 is 0 Å². The molecule has 0 atom stereocenters. The van der Waals surface area contributed by atoms with Crippen molar-refractivity contribution in [2.75, 3.05) is 47.6 Å². The predicted molar refractivity (Wildman–Crippen MR) is 152 cm³/mol. The highest BCUT2D eigenvalue weighted by Crippen LogP contribution is 2.24. The van der Waals surface area contributed by atoms with Crippen LogP contribution >= 0.6 is 0 Å². The lowest BCUT2D eigenvalue weighted by Crippen LogP contribution is -2.32. The van der Waals surface area contributed by atoms with Crippen molar-refractivity contribution in [1.29, 1.82) is 0 Å². The van der Waals surface area contributed by atoms with E-state index in [4.69, 9.17) is 18.9 Å². The minimum atomic E-state index is -0.131. The maximum atomic E-state index is 12.2. The van der Waals surface area contributed by atoms with E-state index in [1.54, 1.807) is 21.3 Å². The van der Waals surface area contributed by atoms with Crippen LogP contribution in [0.25, 0.3) is 12.2 Å². The molecule has 3 rings (SSSR count). The third kappa shape index (κ3) is 9.16. The van der Waals surface area contributed by atoms with Gasteiger partial charge in [0, 0.05) is 31.3 Å². The van der Waals surface area contributed by atoms with Crippen molar-refractivity contribution in [3.8, 4) is 23.0 Å². The third-order valence-electron chi connectivity index (χ3n) is 6.10. The second-order valence-corrected chi connectivity index (χ2v) is 8.72. The first-order valence-electron chi connectivity index (χ1n) is 12.8. The van der Waals surface area contributed by atoms with Gasteiger partial charge in [0.25, 0.3) is 5.91 Å². The normalized spacial score (nSPS) is 11.0. The molecule has 0 heterocycles. The lowest BCUT2D eigenvalue weighted by atomic mass is 10.1. The number of hydrogen-bond donors (Lipinski definition) is 1. The van der Waals surface area contributed by atoms with Gasteiger partial charge in [-0.15, -0.1) is 0 Å². The standard InChI is InChI=1S/C31H38N2O5/c1-5-33(22-26-9-6-7-10-30(26)37-4)18-8-17-32-31(34)23-38-27-15-13-24(14-16-27)11-12-25-19-28(35-2)21-29(20-25)36-3/h6-7,9-16,19-21H,5,8,17-18,22-23H2,1-4H3,(H,32,34)/b12-11+. The zero-order chi connectivity index (χ0) is 27.2. The fourth-order valence-electron chi connectivity index (χ4n) is 3.95. The van der Waals surface area contributed by atoms with Gasteiger partial charge in [0.2, 0.25) is 0 Å². The van der Waals surface area contributed by atoms with Crippen LogP contribution in [0.1, 0.15) is 30.0 Å². The van der Waals surface area contributed by atoms with Crippen molar-refractivity contribution in [3.05, 3.63) is 83.4 Å². The molecule has 0 spiro atoms. The van der Waals surface area contributed by atoms with E-state index in [2.05, 4.69) is 23.2 Å². The third-order valence-corrected chi connectivity index (χ3v) is 6.10. The van der Waals surface area contributed by atoms with Gasteiger partial charge in [0.1, 0.15) is 23.0 Å². The molecule has 0 aromatic heterocycles. The van der Waals surface area contributed by atoms with E-state index in [9.17, 15) is 4.79 Å². The van der Waals surface area contributed by atoms with E-state index in [0.717, 1.165) is 60.0 Å². The maximum absolute atomic E-state index is 12.2. The smallest absolute Gasteiger partial charge is 0.257 e. The molecule has 0 aliphatic heterocycles. The minimum Gasteiger partial charge on any atom is -0.497 e. The number of benzene rings is 3. The molecule has 0 aliphatic rings. The number of para-hydroxylation sites is 1. The average Bonchev–Trinajstić information content (AvgIpc) is 2.96. The molecule has 0 fully saturated rings. The molecule has 7 nitrogen and oxygen atoms in total. The summed E-state index contributed by atoms with van der Waals surface area (Å²) in [6.07, 6.45) is 4.84. The zero-order valence-electron chi connectivity index (χ0n) is 22.7. The monoisotopic (exact) mass is 518 g/mol. The van der Waals surface area contributed by atoms with Gasteiger partial charge in [-0.3, -0.25) is 9.69 Å². The first-order valence-corrected chi connectivity index (χ1v) is 12.8. The molecule has 0 radical (unpaired) electrons. The molecule has 0 saturated carbocycles. The average molecular weight is 519 g/mol. The number of amides is 1. The summed E-state index contributed by atoms with van der Waals surface area (Å²) >= 11 is 0. The van der Waals surface area contributed by atoms with Crippen LogP contribution in [-0.2, 0) is 11.3 Å². The van der Waals surface area contributed by atoms with Crippen molar-refractivity contribution in [3.63, 3.8) is 0 Å². The summed E-state index contributed by atoms with van der Waals surface area (Å²) < 4.78 is 21.7. The fourth-order valence-corrected chi connectivity index (χ4v) is 3.95. The molecule has 1 N–H and O–H groups in total. The SMILES string of the molecule is CCN(CCCNC(=O)COc1ccc(/C=C/c2cc(OC)cc(OC)c2)cc1)Cc1ccccc1OC. The molecule has 7 heteroatoms. The zero-order valence-corrected chi connectivity index (χ0v) is 22.7. The lowest BCUT2D eigenvalue weighted by molar-refractivity contribution is -0.123. The Balaban J connectivity index is 1.39. The van der Waals surface area contributed by atoms with Gasteiger partial charge in [-0.2, -0.15) is 0 Å². The van der Waals surface area contributed by atoms with Crippen LogP contribution in [0.15, 0.2) is 66.7 Å². The van der Waals surface area contributed by atoms with Crippen LogP contribution in [0, 0.1) is 0 Å². The number of carbonyl (C=O) groups excluding carboxylic acids is 1. The number of nitrogens with one attached hydrogen (secondary N) is 1. The number of rotatable bonds is 15. The number of hydrogen-bond acceptors (Lipinski definition) is 6. The van der Waals surface area contributed by atoms with E-state index >= 15 is 0 Å². The van der Waals surface area contributed by atoms with Gasteiger partial charge in [-0.25, -0.2) is 0 Å². The van der Waals surface area contributed by atoms with E-state index in [-0.39, 0.29) is 12.5 Å². The van der Waals surface area contributed by atoms with Crippen LogP contribution in [-0.4, -0.2) is 58.4 Å². The molecule has 3 aromatic carbocycles. The predicted octanol–water partition coefficient (Wildman–Crippen LogP) is 5.29. The molecular weight excluding hydrogens is 480 g/mol. The van der Waals surface area contributed by atoms with E-state index in [0.29, 0.717) is 12.3 Å². The summed E-state index contributed by atoms with van der Waals surface area (Å²) in [5.74, 6) is 2.89. The Hall–Kier alpha value is -3.97. The van der Waals surface area contributed by atoms with Crippen molar-refractivity contribution in [2.45, 2.75) is 19.9 Å². The number of carbonyl (C=O) groups is 1. The van der Waals surface area contributed by atoms with Crippen LogP contribution in [0.4, 0.5) is 0 Å². The van der Waals surface area contributed by atoms with Crippen LogP contribution in [0.5, 0.6) is 23.0 Å². The highest BCUT2D eigenvalue weighted by Gasteiger charge is 2.09. The topological polar surface area (TPSA) is 69.3 Å². The number of nitrogens with zero attached hydrogens (tertiary/aromatic N) is 1. The second kappa shape index (κ2) is 15.3. The van der Waals surface area contributed by atoms with Crippen molar-refractivity contribution in [2.24, 2.45) is 0 Å². The van der Waals surface area contributed by atoms with Crippen molar-refractivity contribution < 1.29 is 23.7 Å². The summed E-state index contributed by atoms with van der Waals surface area (Å²) in [5.41, 5.74) is 3.15. The Kier molecular flexibility index (Phi) is 11.5. The maximum Gasteiger partial charge on any atom is 0.257 e. The molecule has 0 saturated heterocycles. The molecule has 202 valence electrons. The molecular formula is C31H38N2O5. The summed E-state index contributed by atoms with van der Waals surface area (Å²) in [4.78, 5) is 14.6. The Bertz CT molecular complexity index is 1150. The van der Waals surface area contributed by atoms with Crippen LogP contribution in [0.2, 0.25) is 0 Å². The van der Waals surface area contributed by atoms with Gasteiger partial charge >= 0.3 is 0 Å². The Morgan fingerprint density at radius 2 is 1.53 bits per heavy atom. The summed E-state index contributed by atoms with van der Waals surface area (Å²) in [7, 11) is 4.96. The fraction of sp³-hybridized carbons (Fsp3) is 0.323. The number of methoxy groups -OCH3 is 3. The molecule has 0 bridgehead atoms. The summed E-state index contributed by atoms with van der Waals surface area (Å²) in [6.45, 7) is 5.34. The van der Waals surface area contributed by atoms with Crippen molar-refractivity contribution in [1.82, 2.24) is 10.2 Å². The first-order chi connectivity index (χ1) is 18.5. The molecule has 1 amide bonds. The van der Waals surface area contributed by atoms with Gasteiger partial charge < -0.3 is 24.3 Å². The second-order valence-electron chi connectivity index (χ2n) is 8.72. The molecule has 0 aliphatic carbocycles. The Morgan fingerprint density at radius 1 is 0.842 bits per heavy atom. The number of ether oxygens (including phenoxy) is 4. The van der Waals surface area contributed by atoms with Crippen LogP contribution < -0.4 is 24.3 Å². The Morgan fingerprint density at radius 3 is 2.18 bits per heavy atom. The van der Waals surface area contributed by atoms with E-state index in [1.807, 2.05) is 72.8 Å². The largest absolute Gasteiger partial charge is 0.497 e. The van der Waals surface area contributed by atoms with Gasteiger partial charge in [0.15, 0.2) is 6.61 Å². The molecule has 3 aromatic rings. The molecule has 0 unspecified atom stereocenters. The Labute approximate surface area is 226 Å². The quantitative estimate of drug-likeness (QED) is 0.218. The minimum absolute atomic E-state index is 0.0164. The van der Waals surface area contributed by atoms with E-state index in [1.165, 1.54) is 0 Å². The van der Waals surface area contributed by atoms with Crippen molar-refractivity contribution >= 4 is 18.1 Å². The first kappa shape index (κ1) is 28.6. The summed E-state index contributed by atoms with van der Waals surface area (Å²) in [6, 6.07) is 21.4. The van der Waals surface area contributed by atoms with Gasteiger partial charge in [-0.05, 0) is 54.4 Å². The summed E-state index contributed by atoms with van der Waals surface area (Å²) in [5, 5.41) is 2.94. The lowest BCUT2D eigenvalue weighted by Gasteiger charge is -2.21. The van der Waals surface area contributed by atoms with Crippen LogP contribution in [0.3, 0.4) is 0 Å². The highest BCUT2D eigenvalue weighted by atomic mass is 16.5. The van der Waals surface area contributed by atoms with Gasteiger partial charge in [0.05, 0.1) is 21.3 Å². The van der Waals surface area contributed by atoms with Gasteiger partial charge in [-0.1, -0.05) is 49.4 Å². The highest BCUT2D eigenvalue weighted by molar-refractivity contribution is 5.77. The molecule has 38 heavy (non-hydrogen) atoms.